The lowest BCUT2D eigenvalue weighted by Gasteiger charge is -2.42. The molecule has 43 heavy (non-hydrogen) atoms. The monoisotopic (exact) mass is 613 g/mol. The number of carboxylic acid groups (broad SMARTS) is 3. The van der Waals surface area contributed by atoms with Crippen LogP contribution in [-0.4, -0.2) is 63.9 Å². The van der Waals surface area contributed by atoms with E-state index in [-0.39, 0.29) is 24.1 Å². The highest BCUT2D eigenvalue weighted by Crippen LogP contribution is 2.22. The summed E-state index contributed by atoms with van der Waals surface area (Å²) in [7, 11) is 0. The summed E-state index contributed by atoms with van der Waals surface area (Å²) in [6.45, 7) is 8.55. The Morgan fingerprint density at radius 3 is 0.837 bits per heavy atom. The second-order valence-electron chi connectivity index (χ2n) is 13.8. The van der Waals surface area contributed by atoms with Gasteiger partial charge in [0.2, 0.25) is 0 Å². The van der Waals surface area contributed by atoms with Crippen LogP contribution in [0.5, 0.6) is 0 Å². The van der Waals surface area contributed by atoms with Gasteiger partial charge >= 0.3 is 17.9 Å². The first-order chi connectivity index (χ1) is 20.5. The van der Waals surface area contributed by atoms with E-state index in [1.807, 2.05) is 0 Å². The number of quaternary nitrogens is 1. The van der Waals surface area contributed by atoms with E-state index in [1.165, 1.54) is 122 Å². The summed E-state index contributed by atoms with van der Waals surface area (Å²) in [6, 6.07) is 0. The molecule has 0 amide bonds. The molecule has 0 aromatic heterocycles. The van der Waals surface area contributed by atoms with Crippen LogP contribution >= 0.6 is 0 Å². The molecule has 0 bridgehead atoms. The minimum absolute atomic E-state index is 0.230. The number of aliphatic carboxylic acids is 3. The van der Waals surface area contributed by atoms with Crippen LogP contribution in [0.25, 0.3) is 0 Å². The zero-order chi connectivity index (χ0) is 32.3. The number of hydrogen-bond acceptors (Lipinski definition) is 3. The van der Waals surface area contributed by atoms with Crippen molar-refractivity contribution in [3.63, 3.8) is 0 Å². The Bertz CT molecular complexity index is 657. The predicted octanol–water partition coefficient (Wildman–Crippen LogP) is 9.57. The number of carboxylic acids is 3. The Balaban J connectivity index is 4.09. The molecule has 0 rings (SSSR count). The first-order valence-corrected chi connectivity index (χ1v) is 18.1. The Morgan fingerprint density at radius 1 is 0.419 bits per heavy atom. The van der Waals surface area contributed by atoms with Crippen molar-refractivity contribution >= 4 is 17.9 Å². The number of rotatable bonds is 32. The van der Waals surface area contributed by atoms with Gasteiger partial charge in [-0.2, -0.15) is 0 Å². The molecule has 0 heterocycles. The Labute approximate surface area is 264 Å². The number of unbranched alkanes of at least 4 members (excludes halogenated alkanes) is 21. The van der Waals surface area contributed by atoms with E-state index < -0.39 is 35.7 Å². The maximum absolute atomic E-state index is 11.6. The molecule has 7 nitrogen and oxygen atoms in total. The summed E-state index contributed by atoms with van der Waals surface area (Å²) < 4.78 is 0.230. The highest BCUT2D eigenvalue weighted by Gasteiger charge is 2.38. The molecule has 0 aliphatic rings. The van der Waals surface area contributed by atoms with Gasteiger partial charge < -0.3 is 19.8 Å². The topological polar surface area (TPSA) is 112 Å². The summed E-state index contributed by atoms with van der Waals surface area (Å²) >= 11 is 0. The van der Waals surface area contributed by atoms with Crippen LogP contribution in [0.3, 0.4) is 0 Å². The van der Waals surface area contributed by atoms with E-state index >= 15 is 0 Å². The van der Waals surface area contributed by atoms with Gasteiger partial charge in [-0.1, -0.05) is 135 Å². The molecule has 254 valence electrons. The van der Waals surface area contributed by atoms with Gasteiger partial charge in [0.15, 0.2) is 0 Å². The molecule has 0 fully saturated rings. The molecule has 0 aliphatic carbocycles. The van der Waals surface area contributed by atoms with Gasteiger partial charge in [-0.3, -0.25) is 14.4 Å². The summed E-state index contributed by atoms with van der Waals surface area (Å²) in [5.41, 5.74) is 0. The van der Waals surface area contributed by atoms with Crippen molar-refractivity contribution in [2.75, 3.05) is 26.2 Å². The first-order valence-electron chi connectivity index (χ1n) is 18.1. The van der Waals surface area contributed by atoms with E-state index in [0.717, 1.165) is 19.3 Å². The van der Waals surface area contributed by atoms with Gasteiger partial charge in [0.25, 0.3) is 0 Å². The normalized spacial score (nSPS) is 15.1. The largest absolute Gasteiger partial charge is 0.481 e. The van der Waals surface area contributed by atoms with E-state index in [0.29, 0.717) is 6.54 Å². The fraction of sp³-hybridized carbons (Fsp3) is 0.917. The number of hydrogen-bond donors (Lipinski definition) is 3. The highest BCUT2D eigenvalue weighted by atomic mass is 16.4. The van der Waals surface area contributed by atoms with Crippen LogP contribution in [0.15, 0.2) is 0 Å². The van der Waals surface area contributed by atoms with Gasteiger partial charge in [0.05, 0.1) is 26.2 Å². The van der Waals surface area contributed by atoms with Crippen molar-refractivity contribution in [3.8, 4) is 0 Å². The Hall–Kier alpha value is -1.63. The molecule has 0 saturated carbocycles. The molecule has 0 aromatic carbocycles. The molecule has 0 spiro atoms. The van der Waals surface area contributed by atoms with Crippen LogP contribution in [0, 0.1) is 17.8 Å². The maximum Gasteiger partial charge on any atom is 0.311 e. The van der Waals surface area contributed by atoms with Crippen molar-refractivity contribution < 1.29 is 34.2 Å². The van der Waals surface area contributed by atoms with E-state index in [1.54, 1.807) is 20.8 Å². The summed E-state index contributed by atoms with van der Waals surface area (Å²) in [5, 5.41) is 28.6. The third-order valence-electron chi connectivity index (χ3n) is 9.23. The van der Waals surface area contributed by atoms with Crippen molar-refractivity contribution in [2.24, 2.45) is 17.8 Å². The second kappa shape index (κ2) is 26.7. The van der Waals surface area contributed by atoms with E-state index in [4.69, 9.17) is 0 Å². The minimum atomic E-state index is -0.928. The fourth-order valence-electron chi connectivity index (χ4n) is 6.53. The molecule has 0 aromatic rings. The van der Waals surface area contributed by atoms with E-state index in [2.05, 4.69) is 6.92 Å². The maximum atomic E-state index is 11.6. The zero-order valence-electron chi connectivity index (χ0n) is 28.6. The quantitative estimate of drug-likeness (QED) is 0.0515. The summed E-state index contributed by atoms with van der Waals surface area (Å²) in [4.78, 5) is 34.9. The van der Waals surface area contributed by atoms with Crippen LogP contribution in [0.2, 0.25) is 0 Å². The lowest BCUT2D eigenvalue weighted by atomic mass is 10.00. The fourth-order valence-corrected chi connectivity index (χ4v) is 6.53. The average Bonchev–Trinajstić information content (AvgIpc) is 2.95. The third kappa shape index (κ3) is 23.4. The molecule has 7 heteroatoms. The van der Waals surface area contributed by atoms with Crippen LogP contribution in [0.1, 0.15) is 169 Å². The minimum Gasteiger partial charge on any atom is -0.481 e. The van der Waals surface area contributed by atoms with Crippen molar-refractivity contribution in [3.05, 3.63) is 0 Å². The van der Waals surface area contributed by atoms with Gasteiger partial charge in [-0.15, -0.1) is 0 Å². The first kappa shape index (κ1) is 41.4. The number of carbonyl (C=O) groups is 3. The van der Waals surface area contributed by atoms with E-state index in [9.17, 15) is 29.7 Å². The average molecular weight is 613 g/mol. The Kier molecular flexibility index (Phi) is 25.7. The molecule has 0 saturated heterocycles. The number of nitrogens with zero attached hydrogens (tertiary/aromatic N) is 1. The molecule has 3 unspecified atom stereocenters. The van der Waals surface area contributed by atoms with Crippen molar-refractivity contribution in [2.45, 2.75) is 169 Å². The zero-order valence-corrected chi connectivity index (χ0v) is 28.6. The van der Waals surface area contributed by atoms with Crippen LogP contribution < -0.4 is 0 Å². The van der Waals surface area contributed by atoms with Crippen molar-refractivity contribution in [1.82, 2.24) is 0 Å². The van der Waals surface area contributed by atoms with Gasteiger partial charge in [0.1, 0.15) is 17.8 Å². The molecular weight excluding hydrogens is 542 g/mol. The molecule has 0 radical (unpaired) electrons. The lowest BCUT2D eigenvalue weighted by Crippen LogP contribution is -2.57. The lowest BCUT2D eigenvalue weighted by molar-refractivity contribution is -0.934. The summed E-state index contributed by atoms with van der Waals surface area (Å²) in [5.74, 6) is -4.78. The molecule has 3 atom stereocenters. The van der Waals surface area contributed by atoms with Gasteiger partial charge in [0, 0.05) is 0 Å². The predicted molar refractivity (Wildman–Crippen MR) is 177 cm³/mol. The van der Waals surface area contributed by atoms with Gasteiger partial charge in [-0.25, -0.2) is 0 Å². The van der Waals surface area contributed by atoms with Crippen LogP contribution in [0.4, 0.5) is 0 Å². The Morgan fingerprint density at radius 2 is 0.628 bits per heavy atom. The van der Waals surface area contributed by atoms with Gasteiger partial charge in [-0.05, 0) is 33.6 Å². The molecular formula is C36H70NO6+. The smallest absolute Gasteiger partial charge is 0.311 e. The highest BCUT2D eigenvalue weighted by molar-refractivity contribution is 5.70. The standard InChI is InChI=1S/C36H69NO6/c1-5-6-7-8-9-10-11-12-13-14-15-16-17-18-19-20-21-22-23-24-25-26-27-37(28-31(2)34(38)39,29-32(3)35(40)41)30-33(4)36(42)43/h31-33H,5-30H2,1-4H3,(H2-,38,39,40,41,42,43)/p+1. The second-order valence-corrected chi connectivity index (χ2v) is 13.8. The SMILES string of the molecule is CCCCCCCCCCCCCCCCCCCCCCCC[N+](CC(C)C(=O)O)(CC(C)C(=O)O)CC(C)C(=O)O. The van der Waals surface area contributed by atoms with Crippen LogP contribution in [-0.2, 0) is 14.4 Å². The third-order valence-corrected chi connectivity index (χ3v) is 9.23. The molecule has 0 aliphatic heterocycles. The van der Waals surface area contributed by atoms with Crippen molar-refractivity contribution in [1.29, 1.82) is 0 Å². The molecule has 3 N–H and O–H groups in total. The summed E-state index contributed by atoms with van der Waals surface area (Å²) in [6.07, 6.45) is 28.9.